The molecule has 16 heavy (non-hydrogen) atoms. The molecule has 3 heteroatoms. The summed E-state index contributed by atoms with van der Waals surface area (Å²) in [7, 11) is 0. The van der Waals surface area contributed by atoms with Crippen LogP contribution in [0.25, 0.3) is 0 Å². The van der Waals surface area contributed by atoms with Crippen molar-refractivity contribution in [2.75, 3.05) is 18.1 Å². The van der Waals surface area contributed by atoms with Crippen molar-refractivity contribution in [1.29, 1.82) is 0 Å². The first-order valence-corrected chi connectivity index (χ1v) is 6.81. The minimum Gasteiger partial charge on any atom is -0.494 e. The van der Waals surface area contributed by atoms with Gasteiger partial charge < -0.3 is 4.74 Å². The Morgan fingerprint density at radius 2 is 2.19 bits per heavy atom. The van der Waals surface area contributed by atoms with Crippen LogP contribution in [0.3, 0.4) is 0 Å². The standard InChI is InChI=1S/C13H16O2S/c1-2-15-12-5-3-10(4-6-12)13(14)11-7-8-16-9-11/h3-6,11H,2,7-9H2,1H3. The fourth-order valence-electron chi connectivity index (χ4n) is 1.86. The second kappa shape index (κ2) is 5.39. The van der Waals surface area contributed by atoms with Crippen LogP contribution in [0.5, 0.6) is 5.75 Å². The molecule has 1 saturated heterocycles. The maximum absolute atomic E-state index is 12.1. The monoisotopic (exact) mass is 236 g/mol. The Kier molecular flexibility index (Phi) is 3.88. The van der Waals surface area contributed by atoms with Crippen molar-refractivity contribution in [1.82, 2.24) is 0 Å². The molecule has 0 radical (unpaired) electrons. The van der Waals surface area contributed by atoms with Crippen LogP contribution in [-0.2, 0) is 0 Å². The van der Waals surface area contributed by atoms with E-state index in [1.54, 1.807) is 0 Å². The van der Waals surface area contributed by atoms with Crippen molar-refractivity contribution in [2.24, 2.45) is 5.92 Å². The third-order valence-electron chi connectivity index (χ3n) is 2.75. The Hall–Kier alpha value is -0.960. The lowest BCUT2D eigenvalue weighted by Crippen LogP contribution is -2.13. The number of carbonyl (C=O) groups excluding carboxylic acids is 1. The molecule has 0 amide bonds. The lowest BCUT2D eigenvalue weighted by atomic mass is 9.97. The summed E-state index contributed by atoms with van der Waals surface area (Å²) >= 11 is 1.87. The van der Waals surface area contributed by atoms with Gasteiger partial charge in [0.25, 0.3) is 0 Å². The summed E-state index contributed by atoms with van der Waals surface area (Å²) in [5, 5.41) is 0. The molecule has 1 heterocycles. The van der Waals surface area contributed by atoms with E-state index in [2.05, 4.69) is 0 Å². The molecule has 1 aliphatic rings. The molecule has 1 fully saturated rings. The summed E-state index contributed by atoms with van der Waals surface area (Å²) in [6.07, 6.45) is 1.02. The van der Waals surface area contributed by atoms with Gasteiger partial charge in [0.05, 0.1) is 6.61 Å². The average molecular weight is 236 g/mol. The van der Waals surface area contributed by atoms with Crippen LogP contribution in [0.4, 0.5) is 0 Å². The van der Waals surface area contributed by atoms with Crippen LogP contribution < -0.4 is 4.74 Å². The van der Waals surface area contributed by atoms with Crippen LogP contribution in [0, 0.1) is 5.92 Å². The van der Waals surface area contributed by atoms with Gasteiger partial charge in [-0.1, -0.05) is 0 Å². The molecular weight excluding hydrogens is 220 g/mol. The highest BCUT2D eigenvalue weighted by atomic mass is 32.2. The second-order valence-electron chi connectivity index (χ2n) is 3.88. The quantitative estimate of drug-likeness (QED) is 0.752. The fourth-order valence-corrected chi connectivity index (χ4v) is 3.08. The first-order chi connectivity index (χ1) is 7.81. The van der Waals surface area contributed by atoms with Gasteiger partial charge in [0.1, 0.15) is 5.75 Å². The summed E-state index contributed by atoms with van der Waals surface area (Å²) in [4.78, 5) is 12.1. The highest BCUT2D eigenvalue weighted by Crippen LogP contribution is 2.27. The molecule has 2 nitrogen and oxygen atoms in total. The number of carbonyl (C=O) groups is 1. The summed E-state index contributed by atoms with van der Waals surface area (Å²) in [6.45, 7) is 2.61. The normalized spacial score (nSPS) is 19.7. The zero-order valence-corrected chi connectivity index (χ0v) is 10.3. The summed E-state index contributed by atoms with van der Waals surface area (Å²) in [5.41, 5.74) is 0.816. The number of ketones is 1. The maximum Gasteiger partial charge on any atom is 0.166 e. The summed E-state index contributed by atoms with van der Waals surface area (Å²) in [6, 6.07) is 7.49. The van der Waals surface area contributed by atoms with E-state index in [0.717, 1.165) is 29.2 Å². The number of ether oxygens (including phenoxy) is 1. The zero-order chi connectivity index (χ0) is 11.4. The Morgan fingerprint density at radius 1 is 1.44 bits per heavy atom. The van der Waals surface area contributed by atoms with Gasteiger partial charge in [-0.3, -0.25) is 4.79 Å². The summed E-state index contributed by atoms with van der Waals surface area (Å²) in [5.74, 6) is 3.44. The molecule has 2 rings (SSSR count). The molecule has 1 unspecified atom stereocenters. The molecule has 0 spiro atoms. The van der Waals surface area contributed by atoms with E-state index in [-0.39, 0.29) is 11.7 Å². The molecule has 0 N–H and O–H groups in total. The van der Waals surface area contributed by atoms with Crippen molar-refractivity contribution in [3.63, 3.8) is 0 Å². The van der Waals surface area contributed by atoms with Gasteiger partial charge >= 0.3 is 0 Å². The van der Waals surface area contributed by atoms with Crippen LogP contribution in [0.15, 0.2) is 24.3 Å². The Balaban J connectivity index is 2.05. The highest BCUT2D eigenvalue weighted by molar-refractivity contribution is 7.99. The van der Waals surface area contributed by atoms with E-state index in [4.69, 9.17) is 4.74 Å². The largest absolute Gasteiger partial charge is 0.494 e. The first-order valence-electron chi connectivity index (χ1n) is 5.66. The predicted molar refractivity (Wildman–Crippen MR) is 67.4 cm³/mol. The molecule has 1 atom stereocenters. The van der Waals surface area contributed by atoms with Crippen molar-refractivity contribution >= 4 is 17.5 Å². The van der Waals surface area contributed by atoms with Crippen LogP contribution in [0.1, 0.15) is 23.7 Å². The van der Waals surface area contributed by atoms with Crippen molar-refractivity contribution in [3.05, 3.63) is 29.8 Å². The smallest absolute Gasteiger partial charge is 0.166 e. The van der Waals surface area contributed by atoms with Crippen LogP contribution >= 0.6 is 11.8 Å². The van der Waals surface area contributed by atoms with Gasteiger partial charge in [-0.15, -0.1) is 0 Å². The predicted octanol–water partition coefficient (Wildman–Crippen LogP) is 3.02. The van der Waals surface area contributed by atoms with Crippen LogP contribution in [0.2, 0.25) is 0 Å². The second-order valence-corrected chi connectivity index (χ2v) is 5.03. The number of rotatable bonds is 4. The van der Waals surface area contributed by atoms with Crippen molar-refractivity contribution in [2.45, 2.75) is 13.3 Å². The lowest BCUT2D eigenvalue weighted by molar-refractivity contribution is 0.0933. The van der Waals surface area contributed by atoms with Gasteiger partial charge in [0.2, 0.25) is 0 Å². The van der Waals surface area contributed by atoms with E-state index in [9.17, 15) is 4.79 Å². The first kappa shape index (κ1) is 11.5. The molecule has 0 bridgehead atoms. The third-order valence-corrected chi connectivity index (χ3v) is 3.91. The number of thioether (sulfide) groups is 1. The molecular formula is C13H16O2S. The molecule has 0 saturated carbocycles. The molecule has 1 aromatic carbocycles. The van der Waals surface area contributed by atoms with E-state index < -0.39 is 0 Å². The lowest BCUT2D eigenvalue weighted by Gasteiger charge is -2.08. The Labute approximate surface area is 100 Å². The van der Waals surface area contributed by atoms with E-state index in [1.807, 2.05) is 43.0 Å². The fraction of sp³-hybridized carbons (Fsp3) is 0.462. The van der Waals surface area contributed by atoms with E-state index in [0.29, 0.717) is 6.61 Å². The molecule has 86 valence electrons. The zero-order valence-electron chi connectivity index (χ0n) is 9.44. The third kappa shape index (κ3) is 2.59. The number of benzene rings is 1. The minimum atomic E-state index is 0.225. The maximum atomic E-state index is 12.1. The SMILES string of the molecule is CCOc1ccc(C(=O)C2CCSC2)cc1. The average Bonchev–Trinajstić information content (AvgIpc) is 2.83. The molecule has 0 aliphatic carbocycles. The Bertz CT molecular complexity index is 353. The molecule has 1 aromatic rings. The van der Waals surface area contributed by atoms with Gasteiger partial charge in [0.15, 0.2) is 5.78 Å². The molecule has 0 aromatic heterocycles. The van der Waals surface area contributed by atoms with Gasteiger partial charge in [0, 0.05) is 17.2 Å². The number of hydrogen-bond donors (Lipinski definition) is 0. The van der Waals surface area contributed by atoms with Gasteiger partial charge in [-0.25, -0.2) is 0 Å². The Morgan fingerprint density at radius 3 is 2.75 bits per heavy atom. The number of Topliss-reactive ketones (excluding diaryl/α,β-unsaturated/α-hetero) is 1. The number of hydrogen-bond acceptors (Lipinski definition) is 3. The van der Waals surface area contributed by atoms with Gasteiger partial charge in [-0.05, 0) is 43.4 Å². The van der Waals surface area contributed by atoms with Gasteiger partial charge in [-0.2, -0.15) is 11.8 Å². The minimum absolute atomic E-state index is 0.225. The van der Waals surface area contributed by atoms with E-state index >= 15 is 0 Å². The topological polar surface area (TPSA) is 26.3 Å². The molecule has 1 aliphatic heterocycles. The van der Waals surface area contributed by atoms with Crippen molar-refractivity contribution < 1.29 is 9.53 Å². The van der Waals surface area contributed by atoms with Crippen LogP contribution in [-0.4, -0.2) is 23.9 Å². The summed E-state index contributed by atoms with van der Waals surface area (Å²) < 4.78 is 5.35. The van der Waals surface area contributed by atoms with Crippen molar-refractivity contribution in [3.8, 4) is 5.75 Å². The van der Waals surface area contributed by atoms with E-state index in [1.165, 1.54) is 0 Å². The highest BCUT2D eigenvalue weighted by Gasteiger charge is 2.23.